The maximum atomic E-state index is 12.4. The highest BCUT2D eigenvalue weighted by Crippen LogP contribution is 2.39. The molecule has 0 amide bonds. The molecule has 0 nitrogen and oxygen atoms in total. The standard InChI is InChI=1S/C32H45F/c1-2-3-4-6-25-8-12-27(13-9-25)29-16-20-31(21-17-29)32-22-18-30(19-23-32)28-14-10-26(11-15-28)7-5-24-33/h16-23,25-28H,2-15,24H2,1H3/t25-,26-,27-,28-. The Morgan fingerprint density at radius 1 is 0.576 bits per heavy atom. The quantitative estimate of drug-likeness (QED) is 0.317. The van der Waals surface area contributed by atoms with Crippen LogP contribution in [0.25, 0.3) is 11.1 Å². The van der Waals surface area contributed by atoms with Crippen LogP contribution in [0, 0.1) is 11.8 Å². The van der Waals surface area contributed by atoms with E-state index in [1.165, 1.54) is 93.7 Å². The summed E-state index contributed by atoms with van der Waals surface area (Å²) in [6, 6.07) is 18.8. The molecule has 2 aromatic carbocycles. The van der Waals surface area contributed by atoms with E-state index in [4.69, 9.17) is 0 Å². The summed E-state index contributed by atoms with van der Waals surface area (Å²) in [5.74, 6) is 3.20. The lowest BCUT2D eigenvalue weighted by Crippen LogP contribution is -2.13. The minimum Gasteiger partial charge on any atom is -0.251 e. The van der Waals surface area contributed by atoms with Gasteiger partial charge in [0.25, 0.3) is 0 Å². The van der Waals surface area contributed by atoms with Crippen LogP contribution in [0.5, 0.6) is 0 Å². The smallest absolute Gasteiger partial charge is 0.0894 e. The number of unbranched alkanes of at least 4 members (excludes halogenated alkanes) is 2. The Hall–Kier alpha value is -1.63. The molecule has 0 radical (unpaired) electrons. The van der Waals surface area contributed by atoms with Crippen LogP contribution in [0.3, 0.4) is 0 Å². The average Bonchev–Trinajstić information content (AvgIpc) is 2.89. The Balaban J connectivity index is 1.27. The molecule has 0 heterocycles. The van der Waals surface area contributed by atoms with Crippen LogP contribution in [0.1, 0.15) is 120 Å². The zero-order chi connectivity index (χ0) is 22.9. The molecule has 0 unspecified atom stereocenters. The van der Waals surface area contributed by atoms with Crippen LogP contribution in [-0.2, 0) is 0 Å². The highest BCUT2D eigenvalue weighted by Gasteiger charge is 2.23. The highest BCUT2D eigenvalue weighted by molar-refractivity contribution is 5.64. The SMILES string of the molecule is CCCCC[C@H]1CC[C@H](c2ccc(-c3ccc([C@H]4CC[C@H](CCCF)CC4)cc3)cc2)CC1. The first-order valence-electron chi connectivity index (χ1n) is 14.0. The number of halogens is 1. The lowest BCUT2D eigenvalue weighted by Gasteiger charge is -2.29. The summed E-state index contributed by atoms with van der Waals surface area (Å²) in [5, 5.41) is 0. The minimum absolute atomic E-state index is 0.150. The van der Waals surface area contributed by atoms with E-state index in [0.717, 1.165) is 30.6 Å². The number of hydrogen-bond acceptors (Lipinski definition) is 0. The van der Waals surface area contributed by atoms with Gasteiger partial charge in [0.2, 0.25) is 0 Å². The van der Waals surface area contributed by atoms with Gasteiger partial charge in [0.15, 0.2) is 0 Å². The van der Waals surface area contributed by atoms with Gasteiger partial charge < -0.3 is 0 Å². The van der Waals surface area contributed by atoms with E-state index in [0.29, 0.717) is 5.92 Å². The second-order valence-corrected chi connectivity index (χ2v) is 11.0. The molecule has 180 valence electrons. The molecule has 0 aliphatic heterocycles. The number of hydrogen-bond donors (Lipinski definition) is 0. The van der Waals surface area contributed by atoms with Crippen molar-refractivity contribution in [3.05, 3.63) is 59.7 Å². The second kappa shape index (κ2) is 12.7. The zero-order valence-corrected chi connectivity index (χ0v) is 20.9. The van der Waals surface area contributed by atoms with Gasteiger partial charge in [-0.05, 0) is 110 Å². The lowest BCUT2D eigenvalue weighted by atomic mass is 9.76. The van der Waals surface area contributed by atoms with Crippen LogP contribution in [0.2, 0.25) is 0 Å². The van der Waals surface area contributed by atoms with Crippen molar-refractivity contribution in [2.24, 2.45) is 11.8 Å². The van der Waals surface area contributed by atoms with Crippen molar-refractivity contribution in [1.29, 1.82) is 0 Å². The van der Waals surface area contributed by atoms with E-state index >= 15 is 0 Å². The second-order valence-electron chi connectivity index (χ2n) is 11.0. The van der Waals surface area contributed by atoms with E-state index in [2.05, 4.69) is 55.5 Å². The zero-order valence-electron chi connectivity index (χ0n) is 20.9. The molecule has 2 aromatic rings. The molecule has 33 heavy (non-hydrogen) atoms. The van der Waals surface area contributed by atoms with Gasteiger partial charge in [-0.15, -0.1) is 0 Å². The molecule has 0 saturated heterocycles. The molecule has 2 saturated carbocycles. The molecule has 2 fully saturated rings. The fourth-order valence-corrected chi connectivity index (χ4v) is 6.51. The Labute approximate surface area is 202 Å². The van der Waals surface area contributed by atoms with Gasteiger partial charge in [-0.3, -0.25) is 4.39 Å². The van der Waals surface area contributed by atoms with Gasteiger partial charge >= 0.3 is 0 Å². The Bertz CT molecular complexity index is 789. The predicted molar refractivity (Wildman–Crippen MR) is 141 cm³/mol. The van der Waals surface area contributed by atoms with E-state index in [1.807, 2.05) is 0 Å². The van der Waals surface area contributed by atoms with Gasteiger partial charge in [-0.25, -0.2) is 0 Å². The normalized spacial score (nSPS) is 25.8. The van der Waals surface area contributed by atoms with Gasteiger partial charge in [-0.2, -0.15) is 0 Å². The first-order chi connectivity index (χ1) is 16.3. The van der Waals surface area contributed by atoms with Crippen molar-refractivity contribution in [2.75, 3.05) is 6.67 Å². The first-order valence-corrected chi connectivity index (χ1v) is 14.0. The monoisotopic (exact) mass is 448 g/mol. The molecule has 1 heteroatoms. The van der Waals surface area contributed by atoms with Crippen LogP contribution < -0.4 is 0 Å². The summed E-state index contributed by atoms with van der Waals surface area (Å²) in [5.41, 5.74) is 5.72. The van der Waals surface area contributed by atoms with Crippen molar-refractivity contribution in [2.45, 2.75) is 109 Å². The highest BCUT2D eigenvalue weighted by atomic mass is 19.1. The number of alkyl halides is 1. The van der Waals surface area contributed by atoms with Crippen LogP contribution in [0.15, 0.2) is 48.5 Å². The van der Waals surface area contributed by atoms with Crippen molar-refractivity contribution >= 4 is 0 Å². The molecule has 2 aliphatic carbocycles. The molecular weight excluding hydrogens is 403 g/mol. The Morgan fingerprint density at radius 2 is 1.00 bits per heavy atom. The van der Waals surface area contributed by atoms with Crippen LogP contribution in [-0.4, -0.2) is 6.67 Å². The van der Waals surface area contributed by atoms with Gasteiger partial charge in [-0.1, -0.05) is 81.1 Å². The third kappa shape index (κ3) is 6.93. The molecular formula is C32H45F. The minimum atomic E-state index is -0.150. The third-order valence-corrected chi connectivity index (χ3v) is 8.75. The van der Waals surface area contributed by atoms with Crippen molar-refractivity contribution < 1.29 is 4.39 Å². The summed E-state index contributed by atoms with van der Waals surface area (Å²) in [4.78, 5) is 0. The Morgan fingerprint density at radius 3 is 1.39 bits per heavy atom. The van der Waals surface area contributed by atoms with Crippen molar-refractivity contribution in [3.8, 4) is 11.1 Å². The number of rotatable bonds is 10. The summed E-state index contributed by atoms with van der Waals surface area (Å²) in [7, 11) is 0. The van der Waals surface area contributed by atoms with Crippen LogP contribution in [0.4, 0.5) is 4.39 Å². The van der Waals surface area contributed by atoms with Gasteiger partial charge in [0, 0.05) is 0 Å². The van der Waals surface area contributed by atoms with E-state index in [-0.39, 0.29) is 6.67 Å². The largest absolute Gasteiger partial charge is 0.251 e. The average molecular weight is 449 g/mol. The Kier molecular flexibility index (Phi) is 9.45. The maximum absolute atomic E-state index is 12.4. The van der Waals surface area contributed by atoms with Gasteiger partial charge in [0.1, 0.15) is 0 Å². The molecule has 0 N–H and O–H groups in total. The molecule has 2 aliphatic rings. The topological polar surface area (TPSA) is 0 Å². The van der Waals surface area contributed by atoms with E-state index in [1.54, 1.807) is 5.56 Å². The molecule has 0 bridgehead atoms. The van der Waals surface area contributed by atoms with Gasteiger partial charge in [0.05, 0.1) is 6.67 Å². The first kappa shape index (κ1) is 24.5. The summed E-state index contributed by atoms with van der Waals surface area (Å²) in [6.45, 7) is 2.15. The predicted octanol–water partition coefficient (Wildman–Crippen LogP) is 10.2. The van der Waals surface area contributed by atoms with Crippen LogP contribution >= 0.6 is 0 Å². The third-order valence-electron chi connectivity index (χ3n) is 8.75. The fourth-order valence-electron chi connectivity index (χ4n) is 6.51. The number of benzene rings is 2. The molecule has 4 rings (SSSR count). The molecule has 0 aromatic heterocycles. The van der Waals surface area contributed by atoms with E-state index < -0.39 is 0 Å². The van der Waals surface area contributed by atoms with E-state index in [9.17, 15) is 4.39 Å². The van der Waals surface area contributed by atoms with Crippen molar-refractivity contribution in [1.82, 2.24) is 0 Å². The summed E-state index contributed by atoms with van der Waals surface area (Å²) in [6.07, 6.45) is 18.2. The maximum Gasteiger partial charge on any atom is 0.0894 e. The van der Waals surface area contributed by atoms with Crippen molar-refractivity contribution in [3.63, 3.8) is 0 Å². The fraction of sp³-hybridized carbons (Fsp3) is 0.625. The summed E-state index contributed by atoms with van der Waals surface area (Å²) < 4.78 is 12.4. The summed E-state index contributed by atoms with van der Waals surface area (Å²) >= 11 is 0. The molecule has 0 spiro atoms. The lowest BCUT2D eigenvalue weighted by molar-refractivity contribution is 0.293. The molecule has 0 atom stereocenters.